The predicted octanol–water partition coefficient (Wildman–Crippen LogP) is 6.62. The van der Waals surface area contributed by atoms with Crippen LogP contribution >= 0.6 is 34.8 Å². The van der Waals surface area contributed by atoms with E-state index in [4.69, 9.17) is 52.8 Å². The van der Waals surface area contributed by atoms with Gasteiger partial charge in [0.1, 0.15) is 6.61 Å². The van der Waals surface area contributed by atoms with Crippen LogP contribution < -0.4 is 0 Å². The van der Waals surface area contributed by atoms with Crippen molar-refractivity contribution in [3.8, 4) is 0 Å². The molecule has 1 N–H and O–H groups in total. The Kier molecular flexibility index (Phi) is 9.91. The van der Waals surface area contributed by atoms with Crippen molar-refractivity contribution in [3.63, 3.8) is 0 Å². The summed E-state index contributed by atoms with van der Waals surface area (Å²) in [6.45, 7) is 1.73. The summed E-state index contributed by atoms with van der Waals surface area (Å²) < 4.78 is 62.4. The molecule has 0 saturated carbocycles. The minimum atomic E-state index is -4.51. The monoisotopic (exact) mass is 488 g/mol. The first kappa shape index (κ1) is 25.2. The van der Waals surface area contributed by atoms with Crippen LogP contribution in [0.3, 0.4) is 0 Å². The van der Waals surface area contributed by atoms with Gasteiger partial charge in [0, 0.05) is 10.6 Å². The van der Waals surface area contributed by atoms with Crippen molar-refractivity contribution >= 4 is 51.0 Å². The minimum absolute atomic E-state index is 0.0440. The molecule has 2 rings (SSSR count). The molecule has 5 nitrogen and oxygen atoms in total. The lowest BCUT2D eigenvalue weighted by Gasteiger charge is -2.14. The highest BCUT2D eigenvalue weighted by molar-refractivity contribution is 7.60. The Morgan fingerprint density at radius 2 is 1.72 bits per heavy atom. The van der Waals surface area contributed by atoms with Gasteiger partial charge in [-0.05, 0) is 42.3 Å². The molecule has 12 heteroatoms. The third-order valence-corrected chi connectivity index (χ3v) is 4.30. The van der Waals surface area contributed by atoms with E-state index >= 15 is 0 Å². The largest absolute Gasteiger partial charge is 0.417 e. The van der Waals surface area contributed by atoms with Crippen molar-refractivity contribution in [1.29, 1.82) is 4.78 Å². The van der Waals surface area contributed by atoms with E-state index in [0.29, 0.717) is 15.6 Å². The highest BCUT2D eigenvalue weighted by Gasteiger charge is 2.34. The van der Waals surface area contributed by atoms with Crippen LogP contribution in [-0.2, 0) is 28.1 Å². The molecule has 0 radical (unpaired) electrons. The average Bonchev–Trinajstić information content (AvgIpc) is 2.60. The normalized spacial score (nSPS) is 11.5. The zero-order valence-corrected chi connectivity index (χ0v) is 17.8. The van der Waals surface area contributed by atoms with Gasteiger partial charge in [0.2, 0.25) is 0 Å². The van der Waals surface area contributed by atoms with Gasteiger partial charge in [0.05, 0.1) is 21.3 Å². The zero-order valence-electron chi connectivity index (χ0n) is 14.7. The summed E-state index contributed by atoms with van der Waals surface area (Å²) in [5.74, 6) is 0. The van der Waals surface area contributed by atoms with Gasteiger partial charge in [-0.1, -0.05) is 52.9 Å². The summed E-state index contributed by atoms with van der Waals surface area (Å²) >= 11 is 17.6. The Labute approximate surface area is 181 Å². The summed E-state index contributed by atoms with van der Waals surface area (Å²) in [5.41, 5.74) is -0.0714. The van der Waals surface area contributed by atoms with E-state index in [0.717, 1.165) is 6.07 Å². The third kappa shape index (κ3) is 8.61. The minimum Gasteiger partial charge on any atom is -0.391 e. The summed E-state index contributed by atoms with van der Waals surface area (Å²) in [4.78, 5) is 5.21. The Morgan fingerprint density at radius 3 is 2.24 bits per heavy atom. The topological polar surface area (TPSA) is 79.6 Å². The Hall–Kier alpha value is -1.81. The van der Waals surface area contributed by atoms with Gasteiger partial charge < -0.3 is 4.84 Å². The fourth-order valence-corrected chi connectivity index (χ4v) is 2.61. The Morgan fingerprint density at radius 1 is 1.10 bits per heavy atom. The maximum absolute atomic E-state index is 13.2. The molecule has 0 aliphatic heterocycles. The number of halogens is 6. The lowest BCUT2D eigenvalue weighted by atomic mass is 10.0. The van der Waals surface area contributed by atoms with Crippen molar-refractivity contribution in [2.45, 2.75) is 26.1 Å². The molecule has 0 heterocycles. The van der Waals surface area contributed by atoms with Crippen LogP contribution in [0.15, 0.2) is 41.6 Å². The number of oxime groups is 1. The number of alkyl halides is 3. The van der Waals surface area contributed by atoms with Gasteiger partial charge in [-0.2, -0.15) is 26.4 Å². The molecule has 158 valence electrons. The molecule has 0 aliphatic carbocycles. The highest BCUT2D eigenvalue weighted by Crippen LogP contribution is 2.34. The first-order chi connectivity index (χ1) is 13.5. The summed E-state index contributed by atoms with van der Waals surface area (Å²) in [6.07, 6.45) is -4.27. The molecule has 2 aromatic carbocycles. The van der Waals surface area contributed by atoms with Crippen molar-refractivity contribution < 1.29 is 26.4 Å². The van der Waals surface area contributed by atoms with Gasteiger partial charge in [0.15, 0.2) is 0 Å². The molecular weight excluding hydrogens is 476 g/mol. The molecule has 2 aromatic rings. The van der Waals surface area contributed by atoms with Crippen LogP contribution in [0, 0.1) is 4.78 Å². The van der Waals surface area contributed by atoms with E-state index in [9.17, 15) is 13.2 Å². The molecule has 0 saturated heterocycles. The van der Waals surface area contributed by atoms with Gasteiger partial charge in [-0.25, -0.2) is 0 Å². The van der Waals surface area contributed by atoms with Gasteiger partial charge in [0.25, 0.3) is 0 Å². The first-order valence-corrected chi connectivity index (χ1v) is 9.97. The summed E-state index contributed by atoms with van der Waals surface area (Å²) in [6, 6.07) is 8.25. The SMILES string of the molecule is CC/C(=N\OCc1ccc(Cl)c(Cl)c1)c1cc(Cl)ccc1C(F)(F)F.N=S(=O)=O. The lowest BCUT2D eigenvalue weighted by molar-refractivity contribution is -0.137. The summed E-state index contributed by atoms with van der Waals surface area (Å²) in [5, 5.41) is 4.80. The Bertz CT molecular complexity index is 991. The third-order valence-electron chi connectivity index (χ3n) is 3.32. The van der Waals surface area contributed by atoms with Crippen molar-refractivity contribution in [2.24, 2.45) is 5.16 Å². The number of benzene rings is 2. The molecule has 0 amide bonds. The van der Waals surface area contributed by atoms with Crippen LogP contribution in [0.1, 0.15) is 30.0 Å². The van der Waals surface area contributed by atoms with E-state index in [1.807, 2.05) is 0 Å². The van der Waals surface area contributed by atoms with Crippen LogP contribution in [0.5, 0.6) is 0 Å². The molecule has 29 heavy (non-hydrogen) atoms. The molecule has 0 unspecified atom stereocenters. The van der Waals surface area contributed by atoms with E-state index in [2.05, 4.69) is 5.16 Å². The van der Waals surface area contributed by atoms with Crippen molar-refractivity contribution in [1.82, 2.24) is 0 Å². The van der Waals surface area contributed by atoms with E-state index < -0.39 is 22.2 Å². The van der Waals surface area contributed by atoms with Gasteiger partial charge >= 0.3 is 16.7 Å². The zero-order chi connectivity index (χ0) is 22.2. The van der Waals surface area contributed by atoms with Gasteiger partial charge in [-0.3, -0.25) is 0 Å². The molecule has 0 spiro atoms. The van der Waals surface area contributed by atoms with Crippen molar-refractivity contribution in [2.75, 3.05) is 0 Å². The van der Waals surface area contributed by atoms with Gasteiger partial charge in [-0.15, -0.1) is 0 Å². The van der Waals surface area contributed by atoms with Crippen LogP contribution in [-0.4, -0.2) is 14.1 Å². The standard InChI is InChI=1S/C17H13Cl3F3NO.HNO2S/c1-2-16(12-8-11(18)4-5-13(12)17(21,22)23)24-25-9-10-3-6-14(19)15(20)7-10;1-4(2)3/h3-8H,2,9H2,1H3;1H/b24-16+;. The first-order valence-electron chi connectivity index (χ1n) is 7.76. The summed E-state index contributed by atoms with van der Waals surface area (Å²) in [7, 11) is -2.61. The number of hydrogen-bond donors (Lipinski definition) is 1. The smallest absolute Gasteiger partial charge is 0.391 e. The second-order valence-corrected chi connectivity index (χ2v) is 7.06. The van der Waals surface area contributed by atoms with Crippen LogP contribution in [0.4, 0.5) is 13.2 Å². The van der Waals surface area contributed by atoms with Crippen LogP contribution in [0.25, 0.3) is 0 Å². The fraction of sp³-hybridized carbons (Fsp3) is 0.235. The number of rotatable bonds is 5. The highest BCUT2D eigenvalue weighted by atomic mass is 35.5. The number of nitrogens with one attached hydrogen (secondary N) is 1. The average molecular weight is 490 g/mol. The Balaban J connectivity index is 0.000000960. The fourth-order valence-electron chi connectivity index (χ4n) is 2.12. The molecule has 0 aliphatic rings. The molecule has 0 fully saturated rings. The molecular formula is C17H14Cl3F3N2O3S. The van der Waals surface area contributed by atoms with E-state index in [1.54, 1.807) is 25.1 Å². The number of hydrogen-bond acceptors (Lipinski definition) is 5. The van der Waals surface area contributed by atoms with E-state index in [1.165, 1.54) is 12.1 Å². The molecule has 0 aromatic heterocycles. The van der Waals surface area contributed by atoms with E-state index in [-0.39, 0.29) is 29.3 Å². The second kappa shape index (κ2) is 11.4. The quantitative estimate of drug-likeness (QED) is 0.378. The lowest BCUT2D eigenvalue weighted by Crippen LogP contribution is -2.13. The second-order valence-electron chi connectivity index (χ2n) is 5.34. The maximum Gasteiger partial charge on any atom is 0.417 e. The number of nitrogens with zero attached hydrogens (tertiary/aromatic N) is 1. The van der Waals surface area contributed by atoms with Crippen molar-refractivity contribution in [3.05, 3.63) is 68.2 Å². The van der Waals surface area contributed by atoms with Crippen LogP contribution in [0.2, 0.25) is 15.1 Å². The molecule has 0 bridgehead atoms. The maximum atomic E-state index is 13.2. The predicted molar refractivity (Wildman–Crippen MR) is 106 cm³/mol. The molecule has 0 atom stereocenters.